The minimum Gasteiger partial charge on any atom is -0.394 e. The second-order valence-corrected chi connectivity index (χ2v) is 26.0. The van der Waals surface area contributed by atoms with E-state index in [1.54, 1.807) is 6.08 Å². The summed E-state index contributed by atoms with van der Waals surface area (Å²) < 4.78 is 34.4. The Kier molecular flexibility index (Phi) is 52.6. The molecule has 0 saturated carbocycles. The van der Waals surface area contributed by atoms with Gasteiger partial charge in [0.25, 0.3) is 0 Å². The molecule has 3 aliphatic heterocycles. The predicted octanol–water partition coefficient (Wildman–Crippen LogP) is 11.3. The number of aliphatic hydroxyl groups excluding tert-OH is 11. The van der Waals surface area contributed by atoms with Gasteiger partial charge < -0.3 is 89.9 Å². The zero-order chi connectivity index (χ0) is 71.1. The lowest BCUT2D eigenvalue weighted by Crippen LogP contribution is -2.66. The van der Waals surface area contributed by atoms with Crippen LogP contribution in [0.15, 0.2) is 134 Å². The van der Waals surface area contributed by atoms with Gasteiger partial charge in [0.1, 0.15) is 73.2 Å². The third kappa shape index (κ3) is 38.8. The Labute approximate surface area is 588 Å². The first kappa shape index (κ1) is 88.1. The number of aliphatic hydroxyl groups is 11. The second-order valence-electron chi connectivity index (χ2n) is 26.0. The lowest BCUT2D eigenvalue weighted by atomic mass is 9.96. The van der Waals surface area contributed by atoms with Crippen molar-refractivity contribution in [2.75, 3.05) is 26.4 Å². The average Bonchev–Trinajstić information content (AvgIpc) is 0.785. The van der Waals surface area contributed by atoms with E-state index >= 15 is 0 Å². The van der Waals surface area contributed by atoms with Crippen LogP contribution >= 0.6 is 0 Å². The largest absolute Gasteiger partial charge is 0.394 e. The van der Waals surface area contributed by atoms with Gasteiger partial charge in [-0.1, -0.05) is 244 Å². The Balaban J connectivity index is 1.43. The molecule has 0 spiro atoms. The molecule has 17 unspecified atom stereocenters. The van der Waals surface area contributed by atoms with E-state index in [1.165, 1.54) is 77.0 Å². The summed E-state index contributed by atoms with van der Waals surface area (Å²) in [6.07, 6.45) is 55.6. The standard InChI is InChI=1S/C79H131NO18/c1-3-5-7-9-11-13-15-17-19-21-23-25-27-28-29-30-31-32-33-34-35-37-39-41-43-45-47-49-51-53-55-57-67(85)80-62(63(84)56-54-52-50-48-46-44-42-40-38-36-26-24-22-20-18-16-14-12-10-8-6-4-2)61-93-77-73(91)70(88)75(65(59-82)95-77)98-79-74(92)71(89)76(66(60-83)96-79)97-78-72(90)69(87)68(86)64(58-81)94-78/h5,7,11,13,17,19,23,25,28-29,31-32,34-35,38-41,46,48,54,56,62-66,68-79,81-84,86-92H,3-4,6,8-10,12,14-16,18,20-22,24,26-27,30,33,36-37,42-45,47,49-53,55,57-61H2,1-2H3,(H,80,85)/b7-5-,13-11-,19-17-,25-23-,29-28-,32-31-,35-34-,40-38+,41-39-,48-46+,56-54+. The molecule has 0 radical (unpaired) electrons. The van der Waals surface area contributed by atoms with E-state index in [-0.39, 0.29) is 18.9 Å². The van der Waals surface area contributed by atoms with Gasteiger partial charge in [-0.05, 0) is 109 Å². The van der Waals surface area contributed by atoms with Crippen molar-refractivity contribution in [1.82, 2.24) is 5.32 Å². The molecule has 0 aromatic carbocycles. The highest BCUT2D eigenvalue weighted by Gasteiger charge is 2.53. The van der Waals surface area contributed by atoms with Crippen LogP contribution in [0.2, 0.25) is 0 Å². The fraction of sp³-hybridized carbons (Fsp3) is 0.709. The van der Waals surface area contributed by atoms with Gasteiger partial charge in [-0.15, -0.1) is 0 Å². The molecular formula is C79H131NO18. The highest BCUT2D eigenvalue weighted by Crippen LogP contribution is 2.33. The van der Waals surface area contributed by atoms with Crippen molar-refractivity contribution in [3.63, 3.8) is 0 Å². The molecule has 0 aliphatic carbocycles. The van der Waals surface area contributed by atoms with E-state index in [9.17, 15) is 61.0 Å². The van der Waals surface area contributed by atoms with Gasteiger partial charge >= 0.3 is 0 Å². The smallest absolute Gasteiger partial charge is 0.220 e. The Morgan fingerprint density at radius 2 is 0.714 bits per heavy atom. The Morgan fingerprint density at radius 1 is 0.378 bits per heavy atom. The summed E-state index contributed by atoms with van der Waals surface area (Å²) in [6.45, 7) is 1.57. The molecule has 3 rings (SSSR count). The molecule has 98 heavy (non-hydrogen) atoms. The topological polar surface area (TPSA) is 307 Å². The number of ether oxygens (including phenoxy) is 6. The summed E-state index contributed by atoms with van der Waals surface area (Å²) in [6, 6.07) is -1.02. The maximum Gasteiger partial charge on any atom is 0.220 e. The summed E-state index contributed by atoms with van der Waals surface area (Å²) in [4.78, 5) is 13.4. The molecule has 3 heterocycles. The SMILES string of the molecule is CC/C=C\C/C=C\C/C=C\C/C=C\C/C=C\C/C=C\C/C=C\C/C=C\CCCCCCCCC(=O)NC(COC1OC(CO)C(OC2OC(CO)C(OC3OC(CO)C(O)C(O)C3O)C(O)C2O)C(O)C1O)C(O)/C=C/CC/C=C/CC/C=C/CCCCCCCCCCCCCC. The molecule has 17 atom stereocenters. The normalized spacial score (nSPS) is 27.5. The van der Waals surface area contributed by atoms with E-state index in [4.69, 9.17) is 28.4 Å². The average molecular weight is 1380 g/mol. The lowest BCUT2D eigenvalue weighted by Gasteiger charge is -2.48. The number of unbranched alkanes of at least 4 members (excludes halogenated alkanes) is 20. The maximum absolute atomic E-state index is 13.4. The van der Waals surface area contributed by atoms with Gasteiger partial charge in [0.05, 0.1) is 38.6 Å². The number of nitrogens with one attached hydrogen (secondary N) is 1. The quantitative estimate of drug-likeness (QED) is 0.0199. The minimum atomic E-state index is -1.99. The van der Waals surface area contributed by atoms with Crippen LogP contribution in [0.1, 0.15) is 226 Å². The van der Waals surface area contributed by atoms with Crippen LogP contribution in [0, 0.1) is 0 Å². The van der Waals surface area contributed by atoms with Crippen LogP contribution in [0.3, 0.4) is 0 Å². The predicted molar refractivity (Wildman–Crippen MR) is 387 cm³/mol. The lowest BCUT2D eigenvalue weighted by molar-refractivity contribution is -0.379. The number of hydrogen-bond acceptors (Lipinski definition) is 18. The van der Waals surface area contributed by atoms with Crippen LogP contribution in [0.5, 0.6) is 0 Å². The fourth-order valence-corrected chi connectivity index (χ4v) is 11.6. The summed E-state index contributed by atoms with van der Waals surface area (Å²) in [7, 11) is 0. The summed E-state index contributed by atoms with van der Waals surface area (Å²) in [5.41, 5.74) is 0. The number of amides is 1. The van der Waals surface area contributed by atoms with Crippen LogP contribution in [0.25, 0.3) is 0 Å². The highest BCUT2D eigenvalue weighted by atomic mass is 16.8. The number of allylic oxidation sites excluding steroid dienone is 21. The van der Waals surface area contributed by atoms with Crippen molar-refractivity contribution >= 4 is 5.91 Å². The van der Waals surface area contributed by atoms with Crippen molar-refractivity contribution in [3.05, 3.63) is 134 Å². The van der Waals surface area contributed by atoms with Crippen molar-refractivity contribution in [2.45, 2.75) is 330 Å². The molecule has 3 fully saturated rings. The van der Waals surface area contributed by atoms with E-state index in [2.05, 4.69) is 141 Å². The van der Waals surface area contributed by atoms with Crippen molar-refractivity contribution in [3.8, 4) is 0 Å². The third-order valence-electron chi connectivity index (χ3n) is 17.7. The zero-order valence-corrected chi connectivity index (χ0v) is 59.5. The van der Waals surface area contributed by atoms with Gasteiger partial charge in [-0.3, -0.25) is 4.79 Å². The first-order valence-corrected chi connectivity index (χ1v) is 37.4. The fourth-order valence-electron chi connectivity index (χ4n) is 11.6. The third-order valence-corrected chi connectivity index (χ3v) is 17.7. The molecule has 0 aromatic rings. The summed E-state index contributed by atoms with van der Waals surface area (Å²) in [5.74, 6) is -0.309. The monoisotopic (exact) mass is 1380 g/mol. The Bertz CT molecular complexity index is 2290. The van der Waals surface area contributed by atoms with Gasteiger partial charge in [0, 0.05) is 6.42 Å². The van der Waals surface area contributed by atoms with Crippen molar-refractivity contribution in [1.29, 1.82) is 0 Å². The second kappa shape index (κ2) is 58.4. The van der Waals surface area contributed by atoms with Gasteiger partial charge in [-0.25, -0.2) is 0 Å². The first-order valence-electron chi connectivity index (χ1n) is 37.4. The molecular weight excluding hydrogens is 1250 g/mol. The molecule has 3 saturated heterocycles. The number of rotatable bonds is 56. The van der Waals surface area contributed by atoms with E-state index in [1.807, 2.05) is 6.08 Å². The number of carbonyl (C=O) groups is 1. The van der Waals surface area contributed by atoms with E-state index in [0.717, 1.165) is 116 Å². The molecule has 560 valence electrons. The van der Waals surface area contributed by atoms with Crippen molar-refractivity contribution < 1.29 is 89.4 Å². The summed E-state index contributed by atoms with van der Waals surface area (Å²) >= 11 is 0. The highest BCUT2D eigenvalue weighted by molar-refractivity contribution is 5.76. The Morgan fingerprint density at radius 3 is 1.14 bits per heavy atom. The van der Waals surface area contributed by atoms with E-state index in [0.29, 0.717) is 12.8 Å². The Hall–Kier alpha value is -4.07. The van der Waals surface area contributed by atoms with Crippen molar-refractivity contribution in [2.24, 2.45) is 0 Å². The molecule has 19 heteroatoms. The van der Waals surface area contributed by atoms with Crippen LogP contribution in [0.4, 0.5) is 0 Å². The number of hydrogen-bond donors (Lipinski definition) is 12. The summed E-state index contributed by atoms with van der Waals surface area (Å²) in [5, 5.41) is 121. The van der Waals surface area contributed by atoms with Gasteiger partial charge in [-0.2, -0.15) is 0 Å². The van der Waals surface area contributed by atoms with E-state index < -0.39 is 124 Å². The first-order chi connectivity index (χ1) is 47.8. The van der Waals surface area contributed by atoms with Gasteiger partial charge in [0.2, 0.25) is 5.91 Å². The van der Waals surface area contributed by atoms with Crippen LogP contribution < -0.4 is 5.32 Å². The molecule has 0 aromatic heterocycles. The number of carbonyl (C=O) groups excluding carboxylic acids is 1. The molecule has 1 amide bonds. The van der Waals surface area contributed by atoms with Crippen LogP contribution in [-0.2, 0) is 33.2 Å². The van der Waals surface area contributed by atoms with Crippen LogP contribution in [-0.4, -0.2) is 193 Å². The maximum atomic E-state index is 13.4. The van der Waals surface area contributed by atoms with Gasteiger partial charge in [0.15, 0.2) is 18.9 Å². The molecule has 12 N–H and O–H groups in total. The minimum absolute atomic E-state index is 0.205. The molecule has 3 aliphatic rings. The zero-order valence-electron chi connectivity index (χ0n) is 59.5. The molecule has 19 nitrogen and oxygen atoms in total. The molecule has 0 bridgehead atoms.